The maximum Gasteiger partial charge on any atom is 0.180 e. The van der Waals surface area contributed by atoms with Crippen molar-refractivity contribution in [2.45, 2.75) is 19.1 Å². The lowest BCUT2D eigenvalue weighted by Crippen LogP contribution is -2.46. The molecule has 116 valence electrons. The normalized spacial score (nSPS) is 22.2. The predicted molar refractivity (Wildman–Crippen MR) is 86.7 cm³/mol. The number of allylic oxidation sites excluding steroid dienone is 2. The first-order valence-corrected chi connectivity index (χ1v) is 7.35. The van der Waals surface area contributed by atoms with Crippen LogP contribution in [0.25, 0.3) is 0 Å². The molecule has 1 aromatic carbocycles. The van der Waals surface area contributed by atoms with Crippen molar-refractivity contribution < 1.29 is 14.3 Å². The van der Waals surface area contributed by atoms with Crippen molar-refractivity contribution in [3.05, 3.63) is 54.6 Å². The molecule has 0 saturated carbocycles. The van der Waals surface area contributed by atoms with Gasteiger partial charge < -0.3 is 14.4 Å². The molecule has 2 unspecified atom stereocenters. The Bertz CT molecular complexity index is 579. The molecular weight excluding hydrogens is 278 g/mol. The van der Waals surface area contributed by atoms with Gasteiger partial charge >= 0.3 is 0 Å². The zero-order chi connectivity index (χ0) is 16.0. The van der Waals surface area contributed by atoms with E-state index in [-0.39, 0.29) is 18.3 Å². The summed E-state index contributed by atoms with van der Waals surface area (Å²) in [6.45, 7) is 2.09. The Hall–Kier alpha value is -2.20. The molecule has 1 aliphatic rings. The van der Waals surface area contributed by atoms with Crippen LogP contribution in [0, 0.1) is 5.92 Å². The molecule has 0 N–H and O–H groups in total. The van der Waals surface area contributed by atoms with Gasteiger partial charge in [-0.1, -0.05) is 31.2 Å². The molecule has 22 heavy (non-hydrogen) atoms. The third-order valence-corrected chi connectivity index (χ3v) is 3.66. The first kappa shape index (κ1) is 16.2. The number of carbonyl (C=O) groups is 2. The molecule has 1 aliphatic carbocycles. The predicted octanol–water partition coefficient (Wildman–Crippen LogP) is 2.76. The van der Waals surface area contributed by atoms with Crippen LogP contribution in [0.15, 0.2) is 54.6 Å². The molecule has 2 atom stereocenters. The number of anilines is 1. The molecule has 0 heterocycles. The van der Waals surface area contributed by atoms with Gasteiger partial charge in [0.15, 0.2) is 11.5 Å². The summed E-state index contributed by atoms with van der Waals surface area (Å²) >= 11 is 0. The lowest BCUT2D eigenvalue weighted by Gasteiger charge is -2.39. The van der Waals surface area contributed by atoms with Crippen LogP contribution in [0.2, 0.25) is 0 Å². The largest absolute Gasteiger partial charge is 0.348 e. The third kappa shape index (κ3) is 3.71. The second-order valence-electron chi connectivity index (χ2n) is 5.48. The lowest BCUT2D eigenvalue weighted by atomic mass is 10.1. The van der Waals surface area contributed by atoms with E-state index in [2.05, 4.69) is 0 Å². The summed E-state index contributed by atoms with van der Waals surface area (Å²) in [6, 6.07) is 9.79. The maximum absolute atomic E-state index is 11.7. The smallest absolute Gasteiger partial charge is 0.180 e. The summed E-state index contributed by atoms with van der Waals surface area (Å²) < 4.78 is 6.04. The van der Waals surface area contributed by atoms with Crippen LogP contribution < -0.4 is 4.90 Å². The third-order valence-electron chi connectivity index (χ3n) is 3.66. The van der Waals surface area contributed by atoms with E-state index in [4.69, 9.17) is 4.74 Å². The van der Waals surface area contributed by atoms with Gasteiger partial charge in [-0.3, -0.25) is 4.79 Å². The van der Waals surface area contributed by atoms with Gasteiger partial charge in [0.1, 0.15) is 6.29 Å². The summed E-state index contributed by atoms with van der Waals surface area (Å²) in [6.07, 6.45) is 8.21. The molecule has 0 radical (unpaired) electrons. The Balaban J connectivity index is 2.34. The number of para-hydroxylation sites is 1. The molecule has 0 spiro atoms. The van der Waals surface area contributed by atoms with Gasteiger partial charge in [-0.2, -0.15) is 0 Å². The number of benzene rings is 1. The molecule has 0 fully saturated rings. The van der Waals surface area contributed by atoms with Crippen LogP contribution in [0.1, 0.15) is 13.3 Å². The maximum atomic E-state index is 11.7. The molecule has 0 amide bonds. The minimum Gasteiger partial charge on any atom is -0.348 e. The molecule has 0 saturated heterocycles. The van der Waals surface area contributed by atoms with E-state index < -0.39 is 5.72 Å². The van der Waals surface area contributed by atoms with Gasteiger partial charge in [0, 0.05) is 25.1 Å². The molecule has 4 heteroatoms. The number of ketones is 1. The van der Waals surface area contributed by atoms with E-state index in [1.807, 2.05) is 54.4 Å². The number of ether oxygens (including phenoxy) is 1. The fourth-order valence-electron chi connectivity index (χ4n) is 2.25. The number of likely N-dealkylation sites (N-methyl/N-ethyl adjacent to an activating group) is 1. The van der Waals surface area contributed by atoms with E-state index in [9.17, 15) is 9.59 Å². The van der Waals surface area contributed by atoms with Gasteiger partial charge in [0.05, 0.1) is 6.61 Å². The van der Waals surface area contributed by atoms with Gasteiger partial charge in [0.25, 0.3) is 0 Å². The highest BCUT2D eigenvalue weighted by Gasteiger charge is 2.32. The van der Waals surface area contributed by atoms with E-state index in [1.165, 1.54) is 0 Å². The molecule has 2 rings (SSSR count). The van der Waals surface area contributed by atoms with Crippen LogP contribution in [0.5, 0.6) is 0 Å². The van der Waals surface area contributed by atoms with Gasteiger partial charge in [-0.15, -0.1) is 0 Å². The van der Waals surface area contributed by atoms with Crippen LogP contribution in [-0.4, -0.2) is 31.4 Å². The van der Waals surface area contributed by atoms with Crippen LogP contribution in [0.4, 0.5) is 5.69 Å². The van der Waals surface area contributed by atoms with Crippen molar-refractivity contribution in [3.63, 3.8) is 0 Å². The van der Waals surface area contributed by atoms with Crippen molar-refractivity contribution in [2.24, 2.45) is 5.92 Å². The highest BCUT2D eigenvalue weighted by molar-refractivity contribution is 5.91. The number of hydrogen-bond acceptors (Lipinski definition) is 4. The minimum absolute atomic E-state index is 0.0339. The number of rotatable bonds is 6. The van der Waals surface area contributed by atoms with Crippen molar-refractivity contribution in [3.8, 4) is 0 Å². The molecule has 0 aromatic heterocycles. The van der Waals surface area contributed by atoms with Crippen LogP contribution in [-0.2, 0) is 14.3 Å². The highest BCUT2D eigenvalue weighted by Crippen LogP contribution is 2.28. The van der Waals surface area contributed by atoms with Gasteiger partial charge in [-0.25, -0.2) is 0 Å². The fourth-order valence-corrected chi connectivity index (χ4v) is 2.25. The van der Waals surface area contributed by atoms with E-state index in [0.717, 1.165) is 12.0 Å². The SMILES string of the molecule is CC(C=O)COC1(N(C)c2ccccc2)C=CCC(=O)C=C1. The molecule has 0 bridgehead atoms. The minimum atomic E-state index is -0.870. The van der Waals surface area contributed by atoms with Crippen molar-refractivity contribution in [1.29, 1.82) is 0 Å². The van der Waals surface area contributed by atoms with E-state index in [0.29, 0.717) is 6.42 Å². The summed E-state index contributed by atoms with van der Waals surface area (Å²) in [5.41, 5.74) is 0.0926. The Kier molecular flexibility index (Phi) is 5.28. The second-order valence-corrected chi connectivity index (χ2v) is 5.48. The monoisotopic (exact) mass is 299 g/mol. The summed E-state index contributed by atoms with van der Waals surface area (Å²) in [7, 11) is 1.91. The average molecular weight is 299 g/mol. The second kappa shape index (κ2) is 7.18. The Morgan fingerprint density at radius 1 is 1.32 bits per heavy atom. The zero-order valence-corrected chi connectivity index (χ0v) is 12.9. The molecule has 1 aromatic rings. The van der Waals surface area contributed by atoms with Crippen LogP contribution >= 0.6 is 0 Å². The van der Waals surface area contributed by atoms with E-state index in [1.54, 1.807) is 19.1 Å². The topological polar surface area (TPSA) is 46.6 Å². The number of carbonyl (C=O) groups excluding carboxylic acids is 2. The van der Waals surface area contributed by atoms with Crippen molar-refractivity contribution >= 4 is 17.8 Å². The molecule has 4 nitrogen and oxygen atoms in total. The van der Waals surface area contributed by atoms with E-state index >= 15 is 0 Å². The average Bonchev–Trinajstić information content (AvgIpc) is 2.75. The first-order valence-electron chi connectivity index (χ1n) is 7.35. The molecule has 0 aliphatic heterocycles. The number of nitrogens with zero attached hydrogens (tertiary/aromatic N) is 1. The summed E-state index contributed by atoms with van der Waals surface area (Å²) in [4.78, 5) is 24.5. The quantitative estimate of drug-likeness (QED) is 0.460. The zero-order valence-electron chi connectivity index (χ0n) is 12.9. The number of hydrogen-bond donors (Lipinski definition) is 0. The standard InChI is InChI=1S/C18H21NO3/c1-15(13-20)14-22-18(11-6-9-17(21)10-12-18)19(2)16-7-4-3-5-8-16/h3-8,10-13,15H,9,14H2,1-2H3. The van der Waals surface area contributed by atoms with Crippen LogP contribution in [0.3, 0.4) is 0 Å². The van der Waals surface area contributed by atoms with Crippen molar-refractivity contribution in [2.75, 3.05) is 18.6 Å². The Morgan fingerprint density at radius 3 is 2.73 bits per heavy atom. The summed E-state index contributed by atoms with van der Waals surface area (Å²) in [5.74, 6) is -0.173. The lowest BCUT2D eigenvalue weighted by molar-refractivity contribution is -0.114. The molecular formula is C18H21NO3. The number of aldehydes is 1. The van der Waals surface area contributed by atoms with Crippen molar-refractivity contribution in [1.82, 2.24) is 0 Å². The highest BCUT2D eigenvalue weighted by atomic mass is 16.5. The van der Waals surface area contributed by atoms with Gasteiger partial charge in [0.2, 0.25) is 0 Å². The first-order chi connectivity index (χ1) is 10.6. The fraction of sp³-hybridized carbons (Fsp3) is 0.333. The Labute approximate surface area is 131 Å². The Morgan fingerprint density at radius 2 is 2.05 bits per heavy atom. The van der Waals surface area contributed by atoms with Gasteiger partial charge in [-0.05, 0) is 30.4 Å². The summed E-state index contributed by atoms with van der Waals surface area (Å²) in [5, 5.41) is 0.